The van der Waals surface area contributed by atoms with Gasteiger partial charge in [0.05, 0.1) is 19.1 Å². The van der Waals surface area contributed by atoms with E-state index < -0.39 is 10.8 Å². The van der Waals surface area contributed by atoms with Crippen molar-refractivity contribution in [1.29, 1.82) is 0 Å². The molecule has 150 valence electrons. The average Bonchev–Trinajstić information content (AvgIpc) is 3.21. The highest BCUT2D eigenvalue weighted by molar-refractivity contribution is 6.02. The van der Waals surface area contributed by atoms with Crippen LogP contribution >= 0.6 is 0 Å². The highest BCUT2D eigenvalue weighted by Gasteiger charge is 2.14. The van der Waals surface area contributed by atoms with Gasteiger partial charge in [0.25, 0.3) is 11.6 Å². The lowest BCUT2D eigenvalue weighted by Crippen LogP contribution is -2.14. The lowest BCUT2D eigenvalue weighted by molar-refractivity contribution is -0.384. The van der Waals surface area contributed by atoms with Gasteiger partial charge in [-0.15, -0.1) is 0 Å². The Hall–Kier alpha value is -4.08. The van der Waals surface area contributed by atoms with Gasteiger partial charge in [-0.3, -0.25) is 14.9 Å². The predicted octanol–water partition coefficient (Wildman–Crippen LogP) is 3.10. The van der Waals surface area contributed by atoms with Gasteiger partial charge in [-0.2, -0.15) is 5.10 Å². The van der Waals surface area contributed by atoms with E-state index >= 15 is 0 Å². The normalized spacial score (nSPS) is 10.3. The van der Waals surface area contributed by atoms with Crippen molar-refractivity contribution in [3.63, 3.8) is 0 Å². The summed E-state index contributed by atoms with van der Waals surface area (Å²) >= 11 is 0. The summed E-state index contributed by atoms with van der Waals surface area (Å²) in [5.41, 5.74) is 0.528. The number of nitrogens with zero attached hydrogens (tertiary/aromatic N) is 3. The molecule has 0 unspecified atom stereocenters. The molecule has 29 heavy (non-hydrogen) atoms. The Morgan fingerprint density at radius 3 is 2.34 bits per heavy atom. The molecule has 0 fully saturated rings. The minimum Gasteiger partial charge on any atom is -0.493 e. The zero-order chi connectivity index (χ0) is 20.8. The van der Waals surface area contributed by atoms with Gasteiger partial charge in [0.15, 0.2) is 23.9 Å². The number of carbonyl (C=O) groups excluding carboxylic acids is 1. The van der Waals surface area contributed by atoms with E-state index in [0.29, 0.717) is 22.9 Å². The maximum atomic E-state index is 12.3. The second kappa shape index (κ2) is 8.74. The van der Waals surface area contributed by atoms with Crippen molar-refractivity contribution in [2.45, 2.75) is 6.73 Å². The van der Waals surface area contributed by atoms with Crippen LogP contribution in [0, 0.1) is 10.1 Å². The Morgan fingerprint density at radius 1 is 1.10 bits per heavy atom. The fraction of sp³-hybridized carbons (Fsp3) is 0.158. The lowest BCUT2D eigenvalue weighted by Gasteiger charge is -2.13. The highest BCUT2D eigenvalue weighted by atomic mass is 16.6. The van der Waals surface area contributed by atoms with E-state index in [1.54, 1.807) is 24.4 Å². The number of methoxy groups -OCH3 is 2. The molecule has 1 heterocycles. The number of non-ortho nitro benzene ring substituents is 1. The Kier molecular flexibility index (Phi) is 5.93. The lowest BCUT2D eigenvalue weighted by atomic mass is 10.3. The second-order valence-corrected chi connectivity index (χ2v) is 5.76. The van der Waals surface area contributed by atoms with Crippen molar-refractivity contribution >= 4 is 17.3 Å². The summed E-state index contributed by atoms with van der Waals surface area (Å²) < 4.78 is 17.7. The van der Waals surface area contributed by atoms with E-state index in [1.807, 2.05) is 0 Å². The SMILES string of the molecule is COc1cccc(OC)c1OCn1ccc(C(=O)Nc2ccc([N+](=O)[O-])cc2)n1. The molecule has 0 saturated carbocycles. The molecule has 10 heteroatoms. The molecular formula is C19H18N4O6. The van der Waals surface area contributed by atoms with E-state index in [0.717, 1.165) is 0 Å². The summed E-state index contributed by atoms with van der Waals surface area (Å²) in [7, 11) is 3.05. The number of carbonyl (C=O) groups is 1. The Bertz CT molecular complexity index is 994. The van der Waals surface area contributed by atoms with Gasteiger partial charge in [0.1, 0.15) is 0 Å². The molecule has 0 aliphatic rings. The van der Waals surface area contributed by atoms with Crippen LogP contribution in [-0.2, 0) is 6.73 Å². The van der Waals surface area contributed by atoms with Crippen molar-refractivity contribution in [1.82, 2.24) is 9.78 Å². The maximum absolute atomic E-state index is 12.3. The Morgan fingerprint density at radius 2 is 1.76 bits per heavy atom. The van der Waals surface area contributed by atoms with Crippen LogP contribution in [-0.4, -0.2) is 34.8 Å². The fourth-order valence-corrected chi connectivity index (χ4v) is 2.51. The largest absolute Gasteiger partial charge is 0.493 e. The molecule has 0 radical (unpaired) electrons. The zero-order valence-electron chi connectivity index (χ0n) is 15.7. The van der Waals surface area contributed by atoms with Crippen LogP contribution in [0.3, 0.4) is 0 Å². The van der Waals surface area contributed by atoms with E-state index in [1.165, 1.54) is 49.2 Å². The zero-order valence-corrected chi connectivity index (χ0v) is 15.7. The summed E-state index contributed by atoms with van der Waals surface area (Å²) in [6.45, 7) is 0.0293. The number of aromatic nitrogens is 2. The number of hydrogen-bond acceptors (Lipinski definition) is 7. The first-order chi connectivity index (χ1) is 14.0. The monoisotopic (exact) mass is 398 g/mol. The van der Waals surface area contributed by atoms with E-state index in [-0.39, 0.29) is 18.1 Å². The summed E-state index contributed by atoms with van der Waals surface area (Å²) in [6, 6.07) is 12.3. The Labute approximate surface area is 165 Å². The highest BCUT2D eigenvalue weighted by Crippen LogP contribution is 2.36. The fourth-order valence-electron chi connectivity index (χ4n) is 2.51. The third kappa shape index (κ3) is 4.61. The number of hydrogen-bond donors (Lipinski definition) is 1. The Balaban J connectivity index is 1.65. The van der Waals surface area contributed by atoms with Crippen LogP contribution in [0.1, 0.15) is 10.5 Å². The molecule has 2 aromatic carbocycles. The second-order valence-electron chi connectivity index (χ2n) is 5.76. The quantitative estimate of drug-likeness (QED) is 0.457. The number of ether oxygens (including phenoxy) is 3. The van der Waals surface area contributed by atoms with Gasteiger partial charge in [-0.05, 0) is 30.3 Å². The first kappa shape index (κ1) is 19.7. The van der Waals surface area contributed by atoms with Crippen LogP contribution in [0.4, 0.5) is 11.4 Å². The van der Waals surface area contributed by atoms with Crippen molar-refractivity contribution in [3.05, 3.63) is 70.5 Å². The maximum Gasteiger partial charge on any atom is 0.276 e. The predicted molar refractivity (Wildman–Crippen MR) is 103 cm³/mol. The summed E-state index contributed by atoms with van der Waals surface area (Å²) in [4.78, 5) is 22.5. The van der Waals surface area contributed by atoms with Gasteiger partial charge in [-0.25, -0.2) is 4.68 Å². The van der Waals surface area contributed by atoms with Crippen molar-refractivity contribution < 1.29 is 23.9 Å². The molecule has 3 rings (SSSR count). The van der Waals surface area contributed by atoms with Crippen LogP contribution in [0.5, 0.6) is 17.2 Å². The van der Waals surface area contributed by atoms with Gasteiger partial charge in [-0.1, -0.05) is 6.07 Å². The molecular weight excluding hydrogens is 380 g/mol. The van der Waals surface area contributed by atoms with Crippen LogP contribution in [0.25, 0.3) is 0 Å². The number of benzene rings is 2. The topological polar surface area (TPSA) is 118 Å². The molecule has 3 aromatic rings. The third-order valence-electron chi connectivity index (χ3n) is 3.93. The molecule has 1 N–H and O–H groups in total. The molecule has 1 amide bonds. The van der Waals surface area contributed by atoms with Gasteiger partial charge in [0, 0.05) is 24.0 Å². The first-order valence-electron chi connectivity index (χ1n) is 8.45. The smallest absolute Gasteiger partial charge is 0.276 e. The van der Waals surface area contributed by atoms with Gasteiger partial charge in [0.2, 0.25) is 5.75 Å². The molecule has 1 aromatic heterocycles. The van der Waals surface area contributed by atoms with E-state index in [4.69, 9.17) is 14.2 Å². The number of nitro groups is 1. The number of anilines is 1. The van der Waals surface area contributed by atoms with Gasteiger partial charge < -0.3 is 19.5 Å². The first-order valence-corrected chi connectivity index (χ1v) is 8.45. The number of para-hydroxylation sites is 1. The van der Waals surface area contributed by atoms with Crippen molar-refractivity contribution in [3.8, 4) is 17.2 Å². The number of amides is 1. The van der Waals surface area contributed by atoms with Crippen molar-refractivity contribution in [2.75, 3.05) is 19.5 Å². The minimum absolute atomic E-state index is 0.0293. The minimum atomic E-state index is -0.510. The van der Waals surface area contributed by atoms with E-state index in [9.17, 15) is 14.9 Å². The molecule has 0 saturated heterocycles. The number of rotatable bonds is 8. The summed E-state index contributed by atoms with van der Waals surface area (Å²) in [5, 5.41) is 17.5. The summed E-state index contributed by atoms with van der Waals surface area (Å²) in [5.74, 6) is 0.984. The number of nitrogens with one attached hydrogen (secondary N) is 1. The van der Waals surface area contributed by atoms with Gasteiger partial charge >= 0.3 is 0 Å². The van der Waals surface area contributed by atoms with Crippen molar-refractivity contribution in [2.24, 2.45) is 0 Å². The van der Waals surface area contributed by atoms with Crippen LogP contribution < -0.4 is 19.5 Å². The number of nitro benzene ring substituents is 1. The molecule has 0 bridgehead atoms. The van der Waals surface area contributed by atoms with Crippen LogP contribution in [0.2, 0.25) is 0 Å². The molecule has 0 atom stereocenters. The summed E-state index contributed by atoms with van der Waals surface area (Å²) in [6.07, 6.45) is 1.59. The third-order valence-corrected chi connectivity index (χ3v) is 3.93. The molecule has 0 spiro atoms. The molecule has 0 aliphatic carbocycles. The average molecular weight is 398 g/mol. The van der Waals surface area contributed by atoms with Crippen LogP contribution in [0.15, 0.2) is 54.7 Å². The standard InChI is InChI=1S/C19H18N4O6/c1-27-16-4-3-5-17(28-2)18(16)29-12-22-11-10-15(21-22)19(24)20-13-6-8-14(9-7-13)23(25)26/h3-11H,12H2,1-2H3,(H,20,24). The molecule has 0 aliphatic heterocycles. The molecule has 10 nitrogen and oxygen atoms in total. The van der Waals surface area contributed by atoms with E-state index in [2.05, 4.69) is 10.4 Å².